The van der Waals surface area contributed by atoms with Crippen LogP contribution < -0.4 is 0 Å². The van der Waals surface area contributed by atoms with E-state index in [0.29, 0.717) is 13.1 Å². The molecule has 1 aliphatic rings. The van der Waals surface area contributed by atoms with Gasteiger partial charge in [0.25, 0.3) is 0 Å². The first-order chi connectivity index (χ1) is 8.15. The molecule has 90 valence electrons. The highest BCUT2D eigenvalue weighted by molar-refractivity contribution is 7.99. The summed E-state index contributed by atoms with van der Waals surface area (Å²) in [7, 11) is 0. The molecule has 0 radical (unpaired) electrons. The Morgan fingerprint density at radius 2 is 1.94 bits per heavy atom. The number of thioether (sulfide) groups is 1. The van der Waals surface area contributed by atoms with Crippen LogP contribution in [-0.4, -0.2) is 35.4 Å². The molecule has 0 saturated carbocycles. The summed E-state index contributed by atoms with van der Waals surface area (Å²) in [6.07, 6.45) is 0.0925. The van der Waals surface area contributed by atoms with Gasteiger partial charge in [0.2, 0.25) is 5.91 Å². The Labute approximate surface area is 105 Å². The Bertz CT molecular complexity index is 428. The number of carbonyl (C=O) groups is 2. The molecule has 0 atom stereocenters. The van der Waals surface area contributed by atoms with E-state index < -0.39 is 0 Å². The fourth-order valence-electron chi connectivity index (χ4n) is 1.75. The van der Waals surface area contributed by atoms with Gasteiger partial charge in [-0.3, -0.25) is 9.59 Å². The van der Waals surface area contributed by atoms with Crippen molar-refractivity contribution in [2.24, 2.45) is 0 Å². The molecular formula is C13H15NO2S. The molecule has 4 heteroatoms. The van der Waals surface area contributed by atoms with Crippen molar-refractivity contribution in [2.45, 2.75) is 18.2 Å². The van der Waals surface area contributed by atoms with Gasteiger partial charge in [0.05, 0.1) is 13.0 Å². The van der Waals surface area contributed by atoms with Gasteiger partial charge in [0.15, 0.2) is 5.78 Å². The summed E-state index contributed by atoms with van der Waals surface area (Å²) in [6.45, 7) is 3.01. The highest BCUT2D eigenvalue weighted by atomic mass is 32.2. The lowest BCUT2D eigenvalue weighted by Crippen LogP contribution is -2.27. The number of aryl methyl sites for hydroxylation is 1. The van der Waals surface area contributed by atoms with Crippen molar-refractivity contribution in [2.75, 3.05) is 18.8 Å². The van der Waals surface area contributed by atoms with Gasteiger partial charge in [0.1, 0.15) is 0 Å². The SMILES string of the molecule is Cc1ccc(SCCN2CC(=O)CC2=O)cc1. The fraction of sp³-hybridized carbons (Fsp3) is 0.385. The molecule has 1 amide bonds. The van der Waals surface area contributed by atoms with Gasteiger partial charge in [-0.05, 0) is 19.1 Å². The molecule has 2 rings (SSSR count). The normalized spacial score (nSPS) is 15.7. The summed E-state index contributed by atoms with van der Waals surface area (Å²) in [5.41, 5.74) is 1.25. The number of hydrogen-bond acceptors (Lipinski definition) is 3. The van der Waals surface area contributed by atoms with E-state index in [1.54, 1.807) is 16.7 Å². The van der Waals surface area contributed by atoms with Crippen LogP contribution in [-0.2, 0) is 9.59 Å². The van der Waals surface area contributed by atoms with Crippen LogP contribution in [0.2, 0.25) is 0 Å². The summed E-state index contributed by atoms with van der Waals surface area (Å²) in [5.74, 6) is 0.845. The standard InChI is InChI=1S/C13H15NO2S/c1-10-2-4-12(5-3-10)17-7-6-14-9-11(15)8-13(14)16/h2-5H,6-9H2,1H3. The first kappa shape index (κ1) is 12.2. The lowest BCUT2D eigenvalue weighted by Gasteiger charge is -2.13. The largest absolute Gasteiger partial charge is 0.334 e. The molecule has 0 spiro atoms. The highest BCUT2D eigenvalue weighted by Gasteiger charge is 2.26. The zero-order chi connectivity index (χ0) is 12.3. The number of nitrogens with zero attached hydrogens (tertiary/aromatic N) is 1. The van der Waals surface area contributed by atoms with Crippen molar-refractivity contribution in [3.8, 4) is 0 Å². The Kier molecular flexibility index (Phi) is 3.84. The number of Topliss-reactive ketones (excluding diaryl/α,β-unsaturated/α-hetero) is 1. The van der Waals surface area contributed by atoms with E-state index in [9.17, 15) is 9.59 Å². The average Bonchev–Trinajstić information content (AvgIpc) is 2.60. The number of carbonyl (C=O) groups excluding carboxylic acids is 2. The van der Waals surface area contributed by atoms with Gasteiger partial charge in [-0.2, -0.15) is 0 Å². The molecule has 1 heterocycles. The molecule has 0 aromatic heterocycles. The zero-order valence-electron chi connectivity index (χ0n) is 9.81. The van der Waals surface area contributed by atoms with Crippen molar-refractivity contribution in [1.82, 2.24) is 4.90 Å². The van der Waals surface area contributed by atoms with Crippen molar-refractivity contribution >= 4 is 23.5 Å². The first-order valence-corrected chi connectivity index (χ1v) is 6.62. The van der Waals surface area contributed by atoms with Crippen LogP contribution in [0.3, 0.4) is 0 Å². The van der Waals surface area contributed by atoms with Gasteiger partial charge in [-0.1, -0.05) is 17.7 Å². The molecule has 0 N–H and O–H groups in total. The van der Waals surface area contributed by atoms with Crippen molar-refractivity contribution < 1.29 is 9.59 Å². The number of rotatable bonds is 4. The van der Waals surface area contributed by atoms with E-state index in [0.717, 1.165) is 5.75 Å². The van der Waals surface area contributed by atoms with E-state index >= 15 is 0 Å². The van der Waals surface area contributed by atoms with Gasteiger partial charge >= 0.3 is 0 Å². The zero-order valence-corrected chi connectivity index (χ0v) is 10.6. The van der Waals surface area contributed by atoms with Crippen LogP contribution in [0.5, 0.6) is 0 Å². The van der Waals surface area contributed by atoms with Crippen molar-refractivity contribution in [3.05, 3.63) is 29.8 Å². The summed E-state index contributed by atoms with van der Waals surface area (Å²) in [4.78, 5) is 25.3. The Hall–Kier alpha value is -1.29. The maximum absolute atomic E-state index is 11.4. The first-order valence-electron chi connectivity index (χ1n) is 5.64. The molecule has 1 aromatic carbocycles. The van der Waals surface area contributed by atoms with Crippen molar-refractivity contribution in [1.29, 1.82) is 0 Å². The Balaban J connectivity index is 1.78. The lowest BCUT2D eigenvalue weighted by atomic mass is 10.2. The minimum atomic E-state index is -0.0282. The van der Waals surface area contributed by atoms with E-state index in [1.807, 2.05) is 0 Å². The van der Waals surface area contributed by atoms with Crippen LogP contribution in [0.4, 0.5) is 0 Å². The molecule has 1 fully saturated rings. The number of likely N-dealkylation sites (tertiary alicyclic amines) is 1. The molecule has 0 aliphatic carbocycles. The van der Waals surface area contributed by atoms with Crippen LogP contribution in [0.25, 0.3) is 0 Å². The van der Waals surface area contributed by atoms with E-state index in [1.165, 1.54) is 10.5 Å². The highest BCUT2D eigenvalue weighted by Crippen LogP contribution is 2.19. The Morgan fingerprint density at radius 3 is 2.53 bits per heavy atom. The minimum absolute atomic E-state index is 0.0282. The molecular weight excluding hydrogens is 234 g/mol. The van der Waals surface area contributed by atoms with Crippen molar-refractivity contribution in [3.63, 3.8) is 0 Å². The smallest absolute Gasteiger partial charge is 0.230 e. The molecule has 1 aliphatic heterocycles. The maximum atomic E-state index is 11.4. The predicted octanol–water partition coefficient (Wildman–Crippen LogP) is 1.89. The average molecular weight is 249 g/mol. The molecule has 0 bridgehead atoms. The van der Waals surface area contributed by atoms with Crippen LogP contribution >= 0.6 is 11.8 Å². The minimum Gasteiger partial charge on any atom is -0.334 e. The third-order valence-electron chi connectivity index (χ3n) is 2.72. The number of benzene rings is 1. The van der Waals surface area contributed by atoms with Crippen LogP contribution in [0.1, 0.15) is 12.0 Å². The van der Waals surface area contributed by atoms with Gasteiger partial charge in [0, 0.05) is 17.2 Å². The summed E-state index contributed by atoms with van der Waals surface area (Å²) in [6, 6.07) is 8.31. The lowest BCUT2D eigenvalue weighted by molar-refractivity contribution is -0.127. The van der Waals surface area contributed by atoms with Crippen LogP contribution in [0.15, 0.2) is 29.2 Å². The quantitative estimate of drug-likeness (QED) is 0.604. The molecule has 3 nitrogen and oxygen atoms in total. The number of hydrogen-bond donors (Lipinski definition) is 0. The van der Waals surface area contributed by atoms with Gasteiger partial charge in [-0.25, -0.2) is 0 Å². The summed E-state index contributed by atoms with van der Waals surface area (Å²) < 4.78 is 0. The predicted molar refractivity (Wildman–Crippen MR) is 68.1 cm³/mol. The molecule has 17 heavy (non-hydrogen) atoms. The van der Waals surface area contributed by atoms with E-state index in [4.69, 9.17) is 0 Å². The maximum Gasteiger partial charge on any atom is 0.230 e. The topological polar surface area (TPSA) is 37.4 Å². The molecule has 1 aromatic rings. The van der Waals surface area contributed by atoms with E-state index in [-0.39, 0.29) is 18.1 Å². The number of ketones is 1. The molecule has 0 unspecified atom stereocenters. The fourth-order valence-corrected chi connectivity index (χ4v) is 2.63. The Morgan fingerprint density at radius 1 is 1.24 bits per heavy atom. The van der Waals surface area contributed by atoms with Gasteiger partial charge < -0.3 is 4.90 Å². The second-order valence-electron chi connectivity index (χ2n) is 4.19. The third kappa shape index (κ3) is 3.33. The monoisotopic (exact) mass is 249 g/mol. The summed E-state index contributed by atoms with van der Waals surface area (Å²) >= 11 is 1.71. The second-order valence-corrected chi connectivity index (χ2v) is 5.36. The van der Waals surface area contributed by atoms with E-state index in [2.05, 4.69) is 31.2 Å². The van der Waals surface area contributed by atoms with Crippen LogP contribution in [0, 0.1) is 6.92 Å². The van der Waals surface area contributed by atoms with Gasteiger partial charge in [-0.15, -0.1) is 11.8 Å². The molecule has 1 saturated heterocycles. The summed E-state index contributed by atoms with van der Waals surface area (Å²) in [5, 5.41) is 0. The second kappa shape index (κ2) is 5.36. The number of amides is 1. The third-order valence-corrected chi connectivity index (χ3v) is 3.71.